The normalized spacial score (nSPS) is 12.3. The third-order valence-corrected chi connectivity index (χ3v) is 1.13. The summed E-state index contributed by atoms with van der Waals surface area (Å²) in [5, 5.41) is 0. The Hall–Kier alpha value is -0.920. The summed E-state index contributed by atoms with van der Waals surface area (Å²) < 4.78 is 24.8. The van der Waals surface area contributed by atoms with Gasteiger partial charge in [0.05, 0.1) is 0 Å². The van der Waals surface area contributed by atoms with E-state index >= 15 is 0 Å². The van der Waals surface area contributed by atoms with Crippen molar-refractivity contribution in [1.29, 1.82) is 0 Å². The minimum Gasteiger partial charge on any atom is -0.204 e. The van der Waals surface area contributed by atoms with Gasteiger partial charge in [-0.15, -0.1) is 0 Å². The van der Waals surface area contributed by atoms with Crippen LogP contribution in [0, 0.1) is 0 Å². The molecule has 0 aromatic rings. The topological polar surface area (TPSA) is 0 Å². The average molecular weight is 144 g/mol. The van der Waals surface area contributed by atoms with E-state index < -0.39 is 11.7 Å². The molecule has 0 atom stereocenters. The fraction of sp³-hybridized carbons (Fsp3) is 0.250. The fourth-order valence-electron chi connectivity index (χ4n) is 0.414. The van der Waals surface area contributed by atoms with Gasteiger partial charge in [-0.1, -0.05) is 20.1 Å². The molecule has 56 valence electrons. The summed E-state index contributed by atoms with van der Waals surface area (Å²) in [6.07, 6.45) is 1.24. The van der Waals surface area contributed by atoms with Gasteiger partial charge in [0.15, 0.2) is 11.7 Å². The maximum Gasteiger partial charge on any atom is 0.161 e. The van der Waals surface area contributed by atoms with Gasteiger partial charge in [-0.25, -0.2) is 8.78 Å². The molecular formula is C8H10F2. The number of halogens is 2. The predicted molar refractivity (Wildman–Crippen MR) is 38.9 cm³/mol. The van der Waals surface area contributed by atoms with Crippen molar-refractivity contribution in [2.45, 2.75) is 13.3 Å². The molecule has 0 nitrogen and oxygen atoms in total. The van der Waals surface area contributed by atoms with Gasteiger partial charge in [-0.3, -0.25) is 0 Å². The summed E-state index contributed by atoms with van der Waals surface area (Å²) in [7, 11) is 0. The highest BCUT2D eigenvalue weighted by Crippen LogP contribution is 2.18. The summed E-state index contributed by atoms with van der Waals surface area (Å²) in [5.41, 5.74) is 0.164. The van der Waals surface area contributed by atoms with E-state index in [1.165, 1.54) is 0 Å². The Bertz CT molecular complexity index is 178. The molecule has 0 unspecified atom stereocenters. The number of hydrogen-bond donors (Lipinski definition) is 0. The van der Waals surface area contributed by atoms with E-state index in [9.17, 15) is 8.78 Å². The van der Waals surface area contributed by atoms with Gasteiger partial charge >= 0.3 is 0 Å². The lowest BCUT2D eigenvalue weighted by molar-refractivity contribution is 0.560. The first-order chi connectivity index (χ1) is 4.63. The summed E-state index contributed by atoms with van der Waals surface area (Å²) in [6.45, 7) is 8.11. The smallest absolute Gasteiger partial charge is 0.161 e. The second-order valence-electron chi connectivity index (χ2n) is 1.82. The molecule has 0 aromatic heterocycles. The molecule has 0 saturated heterocycles. The Morgan fingerprint density at radius 3 is 2.30 bits per heavy atom. The molecule has 0 bridgehead atoms. The van der Waals surface area contributed by atoms with E-state index in [1.54, 1.807) is 6.92 Å². The SMILES string of the molecule is C=C/C(F)=C(/F)C(=C)CC. The second kappa shape index (κ2) is 3.99. The Labute approximate surface area is 59.6 Å². The monoisotopic (exact) mass is 144 g/mol. The molecule has 0 saturated carbocycles. The molecule has 0 rings (SSSR count). The Morgan fingerprint density at radius 2 is 2.00 bits per heavy atom. The maximum absolute atomic E-state index is 12.5. The summed E-state index contributed by atoms with van der Waals surface area (Å²) in [5.74, 6) is -1.83. The van der Waals surface area contributed by atoms with Crippen LogP contribution in [-0.2, 0) is 0 Å². The van der Waals surface area contributed by atoms with Crippen molar-refractivity contribution >= 4 is 0 Å². The van der Waals surface area contributed by atoms with Crippen LogP contribution in [0.3, 0.4) is 0 Å². The average Bonchev–Trinajstić information content (AvgIpc) is 2.00. The first kappa shape index (κ1) is 9.08. The van der Waals surface area contributed by atoms with Gasteiger partial charge < -0.3 is 0 Å². The highest BCUT2D eigenvalue weighted by atomic mass is 19.2. The van der Waals surface area contributed by atoms with E-state index in [1.807, 2.05) is 0 Å². The van der Waals surface area contributed by atoms with Crippen LogP contribution in [0.4, 0.5) is 8.78 Å². The maximum atomic E-state index is 12.5. The van der Waals surface area contributed by atoms with Gasteiger partial charge in [-0.05, 0) is 18.1 Å². The lowest BCUT2D eigenvalue weighted by Gasteiger charge is -1.96. The zero-order valence-corrected chi connectivity index (χ0v) is 5.95. The third-order valence-electron chi connectivity index (χ3n) is 1.13. The lowest BCUT2D eigenvalue weighted by Crippen LogP contribution is -1.81. The molecule has 0 N–H and O–H groups in total. The Kier molecular flexibility index (Phi) is 3.62. The summed E-state index contributed by atoms with van der Waals surface area (Å²) in [6, 6.07) is 0. The molecule has 0 aromatic carbocycles. The van der Waals surface area contributed by atoms with E-state index in [-0.39, 0.29) is 5.57 Å². The number of allylic oxidation sites excluding steroid dienone is 4. The van der Waals surface area contributed by atoms with E-state index in [4.69, 9.17) is 0 Å². The molecule has 2 heteroatoms. The zero-order valence-electron chi connectivity index (χ0n) is 5.95. The molecule has 0 fully saturated rings. The molecule has 0 amide bonds. The van der Waals surface area contributed by atoms with Crippen LogP contribution in [-0.4, -0.2) is 0 Å². The molecule has 0 aliphatic rings. The van der Waals surface area contributed by atoms with Gasteiger partial charge in [0, 0.05) is 0 Å². The number of hydrogen-bond acceptors (Lipinski definition) is 0. The molecule has 0 aliphatic heterocycles. The van der Waals surface area contributed by atoms with Crippen LogP contribution in [0.1, 0.15) is 13.3 Å². The van der Waals surface area contributed by atoms with Crippen molar-refractivity contribution in [3.63, 3.8) is 0 Å². The van der Waals surface area contributed by atoms with Gasteiger partial charge in [-0.2, -0.15) is 0 Å². The van der Waals surface area contributed by atoms with Crippen molar-refractivity contribution in [3.8, 4) is 0 Å². The fourth-order valence-corrected chi connectivity index (χ4v) is 0.414. The third kappa shape index (κ3) is 2.13. The molecule has 10 heavy (non-hydrogen) atoms. The first-order valence-corrected chi connectivity index (χ1v) is 2.99. The van der Waals surface area contributed by atoms with Crippen molar-refractivity contribution in [1.82, 2.24) is 0 Å². The second-order valence-corrected chi connectivity index (χ2v) is 1.82. The van der Waals surface area contributed by atoms with Gasteiger partial charge in [0.25, 0.3) is 0 Å². The zero-order chi connectivity index (χ0) is 8.15. The van der Waals surface area contributed by atoms with Crippen LogP contribution < -0.4 is 0 Å². The molecule has 0 radical (unpaired) electrons. The predicted octanol–water partition coefficient (Wildman–Crippen LogP) is 3.29. The largest absolute Gasteiger partial charge is 0.204 e. The Balaban J connectivity index is 4.45. The summed E-state index contributed by atoms with van der Waals surface area (Å²) in [4.78, 5) is 0. The van der Waals surface area contributed by atoms with Crippen LogP contribution >= 0.6 is 0 Å². The number of rotatable bonds is 3. The van der Waals surface area contributed by atoms with Crippen molar-refractivity contribution in [3.05, 3.63) is 36.5 Å². The van der Waals surface area contributed by atoms with Crippen molar-refractivity contribution < 1.29 is 8.78 Å². The van der Waals surface area contributed by atoms with Crippen LogP contribution in [0.25, 0.3) is 0 Å². The van der Waals surface area contributed by atoms with E-state index in [2.05, 4.69) is 13.2 Å². The standard InChI is InChI=1S/C8H10F2/c1-4-6(3)8(10)7(9)5-2/h5H,2-4H2,1H3/b8-7-. The lowest BCUT2D eigenvalue weighted by atomic mass is 10.2. The van der Waals surface area contributed by atoms with E-state index in [0.29, 0.717) is 6.42 Å². The van der Waals surface area contributed by atoms with Crippen LogP contribution in [0.15, 0.2) is 36.5 Å². The first-order valence-electron chi connectivity index (χ1n) is 2.99. The molecular weight excluding hydrogens is 134 g/mol. The highest BCUT2D eigenvalue weighted by Gasteiger charge is 2.03. The minimum atomic E-state index is -0.938. The molecule has 0 heterocycles. The van der Waals surface area contributed by atoms with Crippen LogP contribution in [0.2, 0.25) is 0 Å². The van der Waals surface area contributed by atoms with Gasteiger partial charge in [0.1, 0.15) is 0 Å². The molecule has 0 aliphatic carbocycles. The highest BCUT2D eigenvalue weighted by molar-refractivity contribution is 5.28. The quantitative estimate of drug-likeness (QED) is 0.533. The van der Waals surface area contributed by atoms with Crippen LogP contribution in [0.5, 0.6) is 0 Å². The Morgan fingerprint density at radius 1 is 1.50 bits per heavy atom. The molecule has 0 spiro atoms. The van der Waals surface area contributed by atoms with Gasteiger partial charge in [0.2, 0.25) is 0 Å². The van der Waals surface area contributed by atoms with Crippen molar-refractivity contribution in [2.75, 3.05) is 0 Å². The van der Waals surface area contributed by atoms with Crippen molar-refractivity contribution in [2.24, 2.45) is 0 Å². The minimum absolute atomic E-state index is 0.164. The summed E-state index contributed by atoms with van der Waals surface area (Å²) >= 11 is 0. The van der Waals surface area contributed by atoms with E-state index in [0.717, 1.165) is 6.08 Å².